The molecule has 3 aromatic rings. The second-order valence-corrected chi connectivity index (χ2v) is 5.19. The maximum atomic E-state index is 4.44. The van der Waals surface area contributed by atoms with Crippen molar-refractivity contribution in [3.63, 3.8) is 0 Å². The van der Waals surface area contributed by atoms with E-state index in [1.54, 1.807) is 12.4 Å². The van der Waals surface area contributed by atoms with E-state index in [0.29, 0.717) is 0 Å². The van der Waals surface area contributed by atoms with Crippen molar-refractivity contribution in [2.75, 3.05) is 0 Å². The third kappa shape index (κ3) is 13.4. The van der Waals surface area contributed by atoms with Crippen LogP contribution in [0, 0.1) is 0 Å². The predicted octanol–water partition coefficient (Wildman–Crippen LogP) is 6.05. The van der Waals surface area contributed by atoms with Gasteiger partial charge in [0.05, 0.1) is 11.4 Å². The molecule has 30 heavy (non-hydrogen) atoms. The van der Waals surface area contributed by atoms with E-state index in [1.807, 2.05) is 73.1 Å². The van der Waals surface area contributed by atoms with Gasteiger partial charge in [-0.3, -0.25) is 20.0 Å². The zero-order chi connectivity index (χ0) is 16.5. The van der Waals surface area contributed by atoms with Gasteiger partial charge in [0.2, 0.25) is 0 Å². The molecule has 0 unspecified atom stereocenters. The number of aliphatic imine (C=N–C) groups is 2. The molecule has 0 atom stereocenters. The van der Waals surface area contributed by atoms with Crippen LogP contribution in [0.3, 0.4) is 0 Å². The summed E-state index contributed by atoms with van der Waals surface area (Å²) in [6, 6.07) is 19.6. The minimum absolute atomic E-state index is 0. The summed E-state index contributed by atoms with van der Waals surface area (Å²) in [6.07, 6.45) is 8.79. The maximum Gasteiger partial charge on any atom is 0.0627 e. The Morgan fingerprint density at radius 2 is 0.933 bits per heavy atom. The van der Waals surface area contributed by atoms with Crippen molar-refractivity contribution in [3.05, 3.63) is 84.4 Å². The van der Waals surface area contributed by atoms with Crippen LogP contribution in [-0.2, 0) is 47.0 Å². The molecule has 3 rings (SSSR count). The topological polar surface area (TPSA) is 50.5 Å². The number of rotatable bonds is 6. The minimum atomic E-state index is 0. The zero-order valence-corrected chi connectivity index (χ0v) is 20.7. The van der Waals surface area contributed by atoms with E-state index >= 15 is 0 Å². The van der Waals surface area contributed by atoms with Crippen LogP contribution in [0.2, 0.25) is 0 Å². The number of hydrogen-bond acceptors (Lipinski definition) is 4. The summed E-state index contributed by atoms with van der Waals surface area (Å²) in [5.74, 6) is 0. The van der Waals surface area contributed by atoms with Crippen LogP contribution in [-0.4, -0.2) is 22.4 Å². The van der Waals surface area contributed by atoms with Gasteiger partial charge in [0, 0.05) is 83.2 Å². The van der Waals surface area contributed by atoms with Gasteiger partial charge in [-0.2, -0.15) is 0 Å². The molecule has 4 nitrogen and oxygen atoms in total. The fourth-order valence-corrected chi connectivity index (χ4v) is 2.15. The van der Waals surface area contributed by atoms with Crippen LogP contribution < -0.4 is 0 Å². The van der Waals surface area contributed by atoms with Gasteiger partial charge < -0.3 is 0 Å². The first-order valence-electron chi connectivity index (χ1n) is 7.85. The van der Waals surface area contributed by atoms with Crippen molar-refractivity contribution in [1.82, 2.24) is 9.97 Å². The van der Waals surface area contributed by atoms with Gasteiger partial charge in [-0.1, -0.05) is 12.1 Å². The van der Waals surface area contributed by atoms with Crippen molar-refractivity contribution < 1.29 is 34.1 Å². The first-order chi connectivity index (χ1) is 11.9. The summed E-state index contributed by atoms with van der Waals surface area (Å²) < 4.78 is 0. The van der Waals surface area contributed by atoms with Crippen LogP contribution in [0.4, 0.5) is 11.4 Å². The molecule has 0 aliphatic rings. The van der Waals surface area contributed by atoms with E-state index in [1.165, 1.54) is 0 Å². The number of hydrogen-bond donors (Lipinski definition) is 0. The molecule has 2 heterocycles. The normalized spacial score (nSPS) is 9.07. The molecular weight excluding hydrogens is 565 g/mol. The molecule has 0 saturated carbocycles. The largest absolute Gasteiger partial charge is 0.261 e. The second-order valence-electron chi connectivity index (χ2n) is 5.19. The van der Waals surface area contributed by atoms with Gasteiger partial charge in [-0.25, -0.2) is 0 Å². The average molecular weight is 587 g/mol. The Morgan fingerprint density at radius 3 is 1.23 bits per heavy atom. The van der Waals surface area contributed by atoms with Gasteiger partial charge in [-0.15, -0.1) is 49.6 Å². The third-order valence-corrected chi connectivity index (χ3v) is 3.38. The minimum Gasteiger partial charge on any atom is -0.261 e. The van der Waals surface area contributed by atoms with Crippen molar-refractivity contribution in [1.29, 1.82) is 0 Å². The van der Waals surface area contributed by atoms with Crippen molar-refractivity contribution in [2.45, 2.75) is 12.8 Å². The molecule has 1 aromatic carbocycles. The van der Waals surface area contributed by atoms with Crippen LogP contribution in [0.1, 0.15) is 11.4 Å². The van der Waals surface area contributed by atoms with Crippen molar-refractivity contribution in [2.24, 2.45) is 9.98 Å². The van der Waals surface area contributed by atoms with Gasteiger partial charge >= 0.3 is 0 Å². The molecule has 0 aliphatic carbocycles. The standard InChI is InChI=1S/C20H18N4.4ClH.2Cu/c1-3-13-21-17(5-1)11-15-23-19-7-9-20(10-8-19)24-16-12-18-6-2-4-14-22-18;;;;;;/h1-10,13-16H,11-12H2;4*1H;;. The number of aromatic nitrogens is 2. The fourth-order valence-electron chi connectivity index (χ4n) is 2.15. The number of pyridine rings is 2. The SMILES string of the molecule is C(Cc1ccccn1)=Nc1ccc(N=CCc2ccccn2)cc1.Cl.Cl.Cl.Cl.[Cu].[Cu]. The summed E-state index contributed by atoms with van der Waals surface area (Å²) >= 11 is 0. The Kier molecular flexibility index (Phi) is 25.9. The van der Waals surface area contributed by atoms with Crippen LogP contribution in [0.25, 0.3) is 0 Å². The number of benzene rings is 1. The molecule has 0 N–H and O–H groups in total. The molecule has 0 bridgehead atoms. The third-order valence-electron chi connectivity index (χ3n) is 3.38. The van der Waals surface area contributed by atoms with E-state index in [4.69, 9.17) is 0 Å². The molecule has 0 aliphatic heterocycles. The first-order valence-corrected chi connectivity index (χ1v) is 7.85. The first kappa shape index (κ1) is 36.4. The van der Waals surface area contributed by atoms with Gasteiger partial charge in [0.15, 0.2) is 0 Å². The van der Waals surface area contributed by atoms with E-state index in [9.17, 15) is 0 Å². The van der Waals surface area contributed by atoms with Gasteiger partial charge in [0.25, 0.3) is 0 Å². The van der Waals surface area contributed by atoms with E-state index in [2.05, 4.69) is 20.0 Å². The van der Waals surface area contributed by atoms with Crippen molar-refractivity contribution >= 4 is 73.4 Å². The van der Waals surface area contributed by atoms with E-state index < -0.39 is 0 Å². The molecule has 10 heteroatoms. The molecule has 172 valence electrons. The summed E-state index contributed by atoms with van der Waals surface area (Å²) in [7, 11) is 0. The van der Waals surface area contributed by atoms with Gasteiger partial charge in [-0.05, 0) is 48.5 Å². The summed E-state index contributed by atoms with van der Waals surface area (Å²) in [5.41, 5.74) is 3.85. The Hall–Kier alpha value is -0.941. The summed E-state index contributed by atoms with van der Waals surface area (Å²) in [6.45, 7) is 0. The molecule has 0 fully saturated rings. The molecule has 0 amide bonds. The van der Waals surface area contributed by atoms with Gasteiger partial charge in [0.1, 0.15) is 0 Å². The average Bonchev–Trinajstić information content (AvgIpc) is 2.65. The zero-order valence-electron chi connectivity index (χ0n) is 15.5. The molecule has 2 radical (unpaired) electrons. The molecular formula is C20H22Cl4Cu2N4. The fraction of sp³-hybridized carbons (Fsp3) is 0.100. The smallest absolute Gasteiger partial charge is 0.0627 e. The Morgan fingerprint density at radius 1 is 0.567 bits per heavy atom. The van der Waals surface area contributed by atoms with Crippen molar-refractivity contribution in [3.8, 4) is 0 Å². The van der Waals surface area contributed by atoms with Crippen LogP contribution in [0.5, 0.6) is 0 Å². The molecule has 2 aromatic heterocycles. The van der Waals surface area contributed by atoms with Crippen LogP contribution in [0.15, 0.2) is 83.0 Å². The Labute approximate surface area is 223 Å². The summed E-state index contributed by atoms with van der Waals surface area (Å²) in [4.78, 5) is 17.4. The molecule has 0 saturated heterocycles. The second kappa shape index (κ2) is 21.3. The quantitative estimate of drug-likeness (QED) is 0.261. The summed E-state index contributed by atoms with van der Waals surface area (Å²) in [5, 5.41) is 0. The Bertz CT molecular complexity index is 751. The maximum absolute atomic E-state index is 4.44. The predicted molar refractivity (Wildman–Crippen MR) is 128 cm³/mol. The molecule has 0 spiro atoms. The van der Waals surface area contributed by atoms with E-state index in [0.717, 1.165) is 35.6 Å². The van der Waals surface area contributed by atoms with Crippen LogP contribution >= 0.6 is 49.6 Å². The number of nitrogens with zero attached hydrogens (tertiary/aromatic N) is 4. The Balaban J connectivity index is -0.000000563. The van der Waals surface area contributed by atoms with E-state index in [-0.39, 0.29) is 83.8 Å². The monoisotopic (exact) mass is 584 g/mol. The number of halogens is 4.